The summed E-state index contributed by atoms with van der Waals surface area (Å²) >= 11 is 1.50. The molecule has 2 amide bonds. The molecule has 0 unspecified atom stereocenters. The van der Waals surface area contributed by atoms with Gasteiger partial charge in [-0.15, -0.1) is 11.3 Å². The second-order valence-electron chi connectivity index (χ2n) is 7.77. The van der Waals surface area contributed by atoms with Gasteiger partial charge in [0.15, 0.2) is 5.69 Å². The Labute approximate surface area is 191 Å². The summed E-state index contributed by atoms with van der Waals surface area (Å²) in [5.74, 6) is -0.326. The standard InChI is InChI=1S/C23H27N5O3S/c1-27-19-9-11-28(14-17(19)21(26-27)22(29)24-10-6-12-31-2)23(30)18-15-32-20(25-18)13-16-7-4-3-5-8-16/h3-5,7-8,15H,6,9-14H2,1-2H3,(H,24,29). The highest BCUT2D eigenvalue weighted by Gasteiger charge is 2.30. The van der Waals surface area contributed by atoms with E-state index in [2.05, 4.69) is 27.5 Å². The summed E-state index contributed by atoms with van der Waals surface area (Å²) in [5, 5.41) is 10.1. The number of benzene rings is 1. The fourth-order valence-corrected chi connectivity index (χ4v) is 4.68. The summed E-state index contributed by atoms with van der Waals surface area (Å²) in [6.07, 6.45) is 2.10. The average Bonchev–Trinajstić information content (AvgIpc) is 3.41. The topological polar surface area (TPSA) is 89.4 Å². The predicted octanol–water partition coefficient (Wildman–Crippen LogP) is 2.43. The van der Waals surface area contributed by atoms with E-state index < -0.39 is 0 Å². The van der Waals surface area contributed by atoms with Gasteiger partial charge in [-0.05, 0) is 12.0 Å². The Morgan fingerprint density at radius 1 is 1.25 bits per heavy atom. The van der Waals surface area contributed by atoms with Gasteiger partial charge in [0, 0.05) is 63.3 Å². The summed E-state index contributed by atoms with van der Waals surface area (Å²) in [4.78, 5) is 32.1. The van der Waals surface area contributed by atoms with Gasteiger partial charge in [-0.25, -0.2) is 4.98 Å². The number of carbonyl (C=O) groups excluding carboxylic acids is 2. The van der Waals surface area contributed by atoms with E-state index in [9.17, 15) is 9.59 Å². The largest absolute Gasteiger partial charge is 0.385 e. The molecule has 0 saturated carbocycles. The van der Waals surface area contributed by atoms with Crippen LogP contribution in [0.3, 0.4) is 0 Å². The van der Waals surface area contributed by atoms with Crippen molar-refractivity contribution in [2.75, 3.05) is 26.8 Å². The molecule has 0 radical (unpaired) electrons. The molecule has 1 N–H and O–H groups in total. The van der Waals surface area contributed by atoms with Crippen molar-refractivity contribution in [3.05, 3.63) is 68.9 Å². The van der Waals surface area contributed by atoms with Gasteiger partial charge in [0.2, 0.25) is 0 Å². The maximum Gasteiger partial charge on any atom is 0.273 e. The fourth-order valence-electron chi connectivity index (χ4n) is 3.87. The summed E-state index contributed by atoms with van der Waals surface area (Å²) in [6, 6.07) is 10.1. The molecule has 0 saturated heterocycles. The third kappa shape index (κ3) is 4.89. The van der Waals surface area contributed by atoms with Crippen molar-refractivity contribution >= 4 is 23.2 Å². The molecule has 0 aliphatic carbocycles. The molecule has 1 aliphatic rings. The van der Waals surface area contributed by atoms with Crippen LogP contribution in [0, 0.1) is 0 Å². The first kappa shape index (κ1) is 22.2. The quantitative estimate of drug-likeness (QED) is 0.529. The van der Waals surface area contributed by atoms with Crippen LogP contribution in [0.5, 0.6) is 0 Å². The van der Waals surface area contributed by atoms with E-state index in [-0.39, 0.29) is 11.8 Å². The second kappa shape index (κ2) is 10.1. The van der Waals surface area contributed by atoms with Gasteiger partial charge in [-0.2, -0.15) is 5.10 Å². The van der Waals surface area contributed by atoms with Gasteiger partial charge < -0.3 is 15.0 Å². The first-order chi connectivity index (χ1) is 15.6. The van der Waals surface area contributed by atoms with Crippen LogP contribution in [-0.4, -0.2) is 58.3 Å². The summed E-state index contributed by atoms with van der Waals surface area (Å²) < 4.78 is 6.77. The second-order valence-corrected chi connectivity index (χ2v) is 8.71. The minimum absolute atomic E-state index is 0.110. The zero-order valence-electron chi connectivity index (χ0n) is 18.3. The molecule has 3 aromatic rings. The Hall–Kier alpha value is -3.04. The van der Waals surface area contributed by atoms with Crippen molar-refractivity contribution in [2.24, 2.45) is 7.05 Å². The number of carbonyl (C=O) groups is 2. The minimum atomic E-state index is -0.217. The lowest BCUT2D eigenvalue weighted by Gasteiger charge is -2.27. The Kier molecular flexibility index (Phi) is 6.96. The van der Waals surface area contributed by atoms with Crippen molar-refractivity contribution in [1.29, 1.82) is 0 Å². The number of nitrogens with one attached hydrogen (secondary N) is 1. The SMILES string of the molecule is COCCCNC(=O)c1nn(C)c2c1CN(C(=O)c1csc(Cc3ccccc3)n1)CC2. The Morgan fingerprint density at radius 3 is 2.84 bits per heavy atom. The van der Waals surface area contributed by atoms with Crippen LogP contribution >= 0.6 is 11.3 Å². The first-order valence-corrected chi connectivity index (χ1v) is 11.5. The number of hydrogen-bond acceptors (Lipinski definition) is 6. The third-order valence-corrected chi connectivity index (χ3v) is 6.37. The monoisotopic (exact) mass is 453 g/mol. The van der Waals surface area contributed by atoms with E-state index in [1.165, 1.54) is 16.9 Å². The molecular weight excluding hydrogens is 426 g/mol. The van der Waals surface area contributed by atoms with E-state index in [0.29, 0.717) is 50.5 Å². The van der Waals surface area contributed by atoms with Gasteiger partial charge in [-0.1, -0.05) is 30.3 Å². The van der Waals surface area contributed by atoms with Crippen molar-refractivity contribution in [2.45, 2.75) is 25.8 Å². The van der Waals surface area contributed by atoms with Gasteiger partial charge in [-0.3, -0.25) is 14.3 Å². The van der Waals surface area contributed by atoms with Crippen LogP contribution in [0.2, 0.25) is 0 Å². The lowest BCUT2D eigenvalue weighted by atomic mass is 10.0. The van der Waals surface area contributed by atoms with Gasteiger partial charge in [0.25, 0.3) is 11.8 Å². The third-order valence-electron chi connectivity index (χ3n) is 5.52. The lowest BCUT2D eigenvalue weighted by Crippen LogP contribution is -2.37. The Balaban J connectivity index is 1.44. The summed E-state index contributed by atoms with van der Waals surface area (Å²) in [7, 11) is 3.48. The molecule has 0 fully saturated rings. The van der Waals surface area contributed by atoms with Crippen LogP contribution in [0.1, 0.15) is 49.2 Å². The summed E-state index contributed by atoms with van der Waals surface area (Å²) in [6.45, 7) is 2.03. The number of hydrogen-bond donors (Lipinski definition) is 1. The van der Waals surface area contributed by atoms with Crippen LogP contribution in [0.15, 0.2) is 35.7 Å². The molecule has 0 spiro atoms. The minimum Gasteiger partial charge on any atom is -0.385 e. The van der Waals surface area contributed by atoms with Gasteiger partial charge in [0.05, 0.1) is 11.6 Å². The molecule has 1 aromatic carbocycles. The lowest BCUT2D eigenvalue weighted by molar-refractivity contribution is 0.0725. The Bertz CT molecular complexity index is 1090. The number of ether oxygens (including phenoxy) is 1. The van der Waals surface area contributed by atoms with Crippen molar-refractivity contribution in [3.63, 3.8) is 0 Å². The highest BCUT2D eigenvalue weighted by molar-refractivity contribution is 7.09. The van der Waals surface area contributed by atoms with Crippen LogP contribution in [0.25, 0.3) is 0 Å². The highest BCUT2D eigenvalue weighted by Crippen LogP contribution is 2.24. The van der Waals surface area contributed by atoms with E-state index in [0.717, 1.165) is 22.7 Å². The van der Waals surface area contributed by atoms with Gasteiger partial charge in [0.1, 0.15) is 5.69 Å². The van der Waals surface area contributed by atoms with Crippen LogP contribution < -0.4 is 5.32 Å². The van der Waals surface area contributed by atoms with Crippen LogP contribution in [-0.2, 0) is 31.2 Å². The Morgan fingerprint density at radius 2 is 2.06 bits per heavy atom. The zero-order chi connectivity index (χ0) is 22.5. The fraction of sp³-hybridized carbons (Fsp3) is 0.391. The summed E-state index contributed by atoms with van der Waals surface area (Å²) in [5.41, 5.74) is 3.83. The molecule has 32 heavy (non-hydrogen) atoms. The van der Waals surface area contributed by atoms with Crippen molar-refractivity contribution in [1.82, 2.24) is 25.0 Å². The number of amides is 2. The number of nitrogens with zero attached hydrogens (tertiary/aromatic N) is 4. The number of fused-ring (bicyclic) bond motifs is 1. The number of aryl methyl sites for hydroxylation is 1. The molecule has 4 rings (SSSR count). The number of aromatic nitrogens is 3. The molecule has 2 aromatic heterocycles. The smallest absolute Gasteiger partial charge is 0.273 e. The van der Waals surface area contributed by atoms with Crippen molar-refractivity contribution in [3.8, 4) is 0 Å². The molecule has 1 aliphatic heterocycles. The van der Waals surface area contributed by atoms with Crippen LogP contribution in [0.4, 0.5) is 0 Å². The predicted molar refractivity (Wildman–Crippen MR) is 122 cm³/mol. The normalized spacial score (nSPS) is 13.1. The molecule has 0 atom stereocenters. The van der Waals surface area contributed by atoms with E-state index in [1.54, 1.807) is 16.7 Å². The highest BCUT2D eigenvalue weighted by atomic mass is 32.1. The average molecular weight is 454 g/mol. The van der Waals surface area contributed by atoms with E-state index >= 15 is 0 Å². The first-order valence-electron chi connectivity index (χ1n) is 10.7. The number of thiazole rings is 1. The maximum absolute atomic E-state index is 13.1. The van der Waals surface area contributed by atoms with E-state index in [1.807, 2.05) is 30.6 Å². The number of methoxy groups -OCH3 is 1. The van der Waals surface area contributed by atoms with Gasteiger partial charge >= 0.3 is 0 Å². The molecule has 8 nitrogen and oxygen atoms in total. The molecule has 168 valence electrons. The molecule has 9 heteroatoms. The number of rotatable bonds is 8. The molecular formula is C23H27N5O3S. The van der Waals surface area contributed by atoms with E-state index in [4.69, 9.17) is 4.74 Å². The molecule has 3 heterocycles. The molecule has 0 bridgehead atoms. The zero-order valence-corrected chi connectivity index (χ0v) is 19.2. The maximum atomic E-state index is 13.1. The van der Waals surface area contributed by atoms with Crippen molar-refractivity contribution < 1.29 is 14.3 Å².